The first-order chi connectivity index (χ1) is 20.8. The summed E-state index contributed by atoms with van der Waals surface area (Å²) in [7, 11) is 0. The van der Waals surface area contributed by atoms with Gasteiger partial charge in [-0.25, -0.2) is 0 Å². The van der Waals surface area contributed by atoms with Crippen molar-refractivity contribution in [3.63, 3.8) is 0 Å². The molecule has 6 rings (SSSR count). The summed E-state index contributed by atoms with van der Waals surface area (Å²) < 4.78 is 0. The molecular weight excluding hydrogens is 548 g/mol. The SMILES string of the molecule is O=C1c2ccccc2C(=O)c2c1ccc(CO)c2C(=O)CCCC(=O)c1c(CO)ccc2c1C(=O)c1ccccc1C2=O. The van der Waals surface area contributed by atoms with E-state index in [1.54, 1.807) is 36.4 Å². The molecule has 4 aromatic rings. The minimum atomic E-state index is -0.538. The molecule has 0 amide bonds. The number of ketones is 6. The standard InChI is InChI=1S/C35H24O8/c36-16-18-12-14-24-30(34(42)22-8-3-1-6-20(22)32(24)40)28(18)26(38)10-5-11-27(39)29-19(17-37)13-15-25-31(29)35(43)23-9-4-2-7-21(23)33(25)41/h1-4,6-9,12-15,36-37H,5,10-11,16-17H2. The van der Waals surface area contributed by atoms with E-state index in [2.05, 4.69) is 0 Å². The van der Waals surface area contributed by atoms with Crippen molar-refractivity contribution in [3.05, 3.63) is 140 Å². The van der Waals surface area contributed by atoms with Crippen LogP contribution in [-0.4, -0.2) is 44.9 Å². The summed E-state index contributed by atoms with van der Waals surface area (Å²) in [6.07, 6.45) is -0.382. The van der Waals surface area contributed by atoms with Crippen molar-refractivity contribution >= 4 is 34.7 Å². The van der Waals surface area contributed by atoms with Gasteiger partial charge in [-0.1, -0.05) is 60.7 Å². The van der Waals surface area contributed by atoms with E-state index in [1.807, 2.05) is 0 Å². The Labute approximate surface area is 245 Å². The zero-order valence-corrected chi connectivity index (χ0v) is 22.8. The molecule has 0 unspecified atom stereocenters. The van der Waals surface area contributed by atoms with E-state index in [-0.39, 0.29) is 86.0 Å². The van der Waals surface area contributed by atoms with Crippen LogP contribution in [0.5, 0.6) is 0 Å². The molecule has 2 aliphatic rings. The third-order valence-corrected chi connectivity index (χ3v) is 8.07. The maximum atomic E-state index is 13.5. The van der Waals surface area contributed by atoms with Gasteiger partial charge in [0.2, 0.25) is 0 Å². The zero-order valence-electron chi connectivity index (χ0n) is 22.8. The van der Waals surface area contributed by atoms with E-state index in [0.717, 1.165) is 0 Å². The molecule has 0 aromatic heterocycles. The summed E-state index contributed by atoms with van der Waals surface area (Å²) in [6, 6.07) is 18.4. The first-order valence-corrected chi connectivity index (χ1v) is 13.7. The molecule has 0 heterocycles. The number of fused-ring (bicyclic) bond motifs is 4. The fourth-order valence-electron chi connectivity index (χ4n) is 6.02. The zero-order chi connectivity index (χ0) is 30.4. The van der Waals surface area contributed by atoms with Crippen molar-refractivity contribution in [3.8, 4) is 0 Å². The van der Waals surface area contributed by atoms with Gasteiger partial charge in [-0.3, -0.25) is 28.8 Å². The topological polar surface area (TPSA) is 143 Å². The highest BCUT2D eigenvalue weighted by Gasteiger charge is 2.36. The Hall–Kier alpha value is -5.18. The largest absolute Gasteiger partial charge is 0.392 e. The van der Waals surface area contributed by atoms with E-state index in [9.17, 15) is 39.0 Å². The summed E-state index contributed by atoms with van der Waals surface area (Å²) in [4.78, 5) is 80.3. The molecule has 8 heteroatoms. The van der Waals surface area contributed by atoms with E-state index >= 15 is 0 Å². The normalized spacial score (nSPS) is 13.3. The smallest absolute Gasteiger partial charge is 0.195 e. The van der Waals surface area contributed by atoms with Gasteiger partial charge in [-0.05, 0) is 29.7 Å². The van der Waals surface area contributed by atoms with Gasteiger partial charge in [0.25, 0.3) is 0 Å². The van der Waals surface area contributed by atoms with Gasteiger partial charge < -0.3 is 10.2 Å². The first-order valence-electron chi connectivity index (χ1n) is 13.7. The average Bonchev–Trinajstić information content (AvgIpc) is 3.04. The van der Waals surface area contributed by atoms with E-state index in [0.29, 0.717) is 0 Å². The van der Waals surface area contributed by atoms with Crippen molar-refractivity contribution in [2.24, 2.45) is 0 Å². The fraction of sp³-hybridized carbons (Fsp3) is 0.143. The molecule has 0 atom stereocenters. The van der Waals surface area contributed by atoms with Crippen molar-refractivity contribution in [2.75, 3.05) is 0 Å². The van der Waals surface area contributed by atoms with Crippen LogP contribution in [-0.2, 0) is 13.2 Å². The summed E-state index contributed by atoms with van der Waals surface area (Å²) >= 11 is 0. The lowest BCUT2D eigenvalue weighted by molar-refractivity contribution is 0.0934. The Balaban J connectivity index is 1.29. The van der Waals surface area contributed by atoms with Crippen LogP contribution in [0.4, 0.5) is 0 Å². The van der Waals surface area contributed by atoms with Gasteiger partial charge in [0, 0.05) is 68.5 Å². The van der Waals surface area contributed by atoms with Gasteiger partial charge in [-0.15, -0.1) is 0 Å². The van der Waals surface area contributed by atoms with Gasteiger partial charge >= 0.3 is 0 Å². The lowest BCUT2D eigenvalue weighted by Gasteiger charge is -2.22. The summed E-state index contributed by atoms with van der Waals surface area (Å²) in [5, 5.41) is 20.0. The predicted molar refractivity (Wildman–Crippen MR) is 154 cm³/mol. The second-order valence-electron chi connectivity index (χ2n) is 10.5. The number of hydrogen-bond acceptors (Lipinski definition) is 8. The number of aliphatic hydroxyl groups excluding tert-OH is 2. The molecule has 0 bridgehead atoms. The quantitative estimate of drug-likeness (QED) is 0.255. The van der Waals surface area contributed by atoms with Crippen LogP contribution in [0.15, 0.2) is 72.8 Å². The molecule has 0 spiro atoms. The number of carbonyl (C=O) groups is 6. The van der Waals surface area contributed by atoms with Crippen LogP contribution >= 0.6 is 0 Å². The van der Waals surface area contributed by atoms with Crippen LogP contribution in [0.2, 0.25) is 0 Å². The second-order valence-corrected chi connectivity index (χ2v) is 10.5. The van der Waals surface area contributed by atoms with E-state index in [4.69, 9.17) is 0 Å². The highest BCUT2D eigenvalue weighted by atomic mass is 16.3. The molecule has 2 N–H and O–H groups in total. The summed E-state index contributed by atoms with van der Waals surface area (Å²) in [5.41, 5.74) is 1.14. The lowest BCUT2D eigenvalue weighted by Crippen LogP contribution is -2.25. The molecule has 43 heavy (non-hydrogen) atoms. The maximum Gasteiger partial charge on any atom is 0.195 e. The Morgan fingerprint density at radius 2 is 0.814 bits per heavy atom. The van der Waals surface area contributed by atoms with Crippen LogP contribution < -0.4 is 0 Å². The molecule has 8 nitrogen and oxygen atoms in total. The van der Waals surface area contributed by atoms with Crippen LogP contribution in [0.3, 0.4) is 0 Å². The summed E-state index contributed by atoms with van der Waals surface area (Å²) in [6.45, 7) is -1.08. The second kappa shape index (κ2) is 10.9. The number of aliphatic hydroxyl groups is 2. The Morgan fingerprint density at radius 3 is 1.16 bits per heavy atom. The number of carbonyl (C=O) groups excluding carboxylic acids is 6. The average molecular weight is 573 g/mol. The monoisotopic (exact) mass is 572 g/mol. The third kappa shape index (κ3) is 4.39. The third-order valence-electron chi connectivity index (χ3n) is 8.07. The lowest BCUT2D eigenvalue weighted by atomic mass is 9.78. The molecule has 212 valence electrons. The predicted octanol–water partition coefficient (Wildman–Crippen LogP) is 4.46. The summed E-state index contributed by atoms with van der Waals surface area (Å²) in [5.74, 6) is -2.83. The van der Waals surface area contributed by atoms with Gasteiger partial charge in [0.15, 0.2) is 34.7 Å². The first kappa shape index (κ1) is 28.0. The molecule has 2 aliphatic carbocycles. The highest BCUT2D eigenvalue weighted by Crippen LogP contribution is 2.34. The minimum Gasteiger partial charge on any atom is -0.392 e. The molecule has 0 saturated heterocycles. The minimum absolute atomic E-state index is 0.0121. The maximum absolute atomic E-state index is 13.5. The van der Waals surface area contributed by atoms with Gasteiger partial charge in [-0.2, -0.15) is 0 Å². The van der Waals surface area contributed by atoms with Crippen LogP contribution in [0.1, 0.15) is 115 Å². The van der Waals surface area contributed by atoms with Crippen molar-refractivity contribution in [1.82, 2.24) is 0 Å². The van der Waals surface area contributed by atoms with Crippen LogP contribution in [0, 0.1) is 0 Å². The van der Waals surface area contributed by atoms with E-state index < -0.39 is 47.9 Å². The van der Waals surface area contributed by atoms with Crippen molar-refractivity contribution in [1.29, 1.82) is 0 Å². The molecular formula is C35H24O8. The number of hydrogen-bond donors (Lipinski definition) is 2. The molecule has 0 radical (unpaired) electrons. The van der Waals surface area contributed by atoms with Crippen molar-refractivity contribution in [2.45, 2.75) is 32.5 Å². The van der Waals surface area contributed by atoms with Gasteiger partial charge in [0.1, 0.15) is 0 Å². The van der Waals surface area contributed by atoms with Gasteiger partial charge in [0.05, 0.1) is 13.2 Å². The van der Waals surface area contributed by atoms with E-state index in [1.165, 1.54) is 36.4 Å². The van der Waals surface area contributed by atoms with Crippen LogP contribution in [0.25, 0.3) is 0 Å². The molecule has 0 fully saturated rings. The highest BCUT2D eigenvalue weighted by molar-refractivity contribution is 6.32. The molecule has 4 aromatic carbocycles. The number of rotatable bonds is 8. The molecule has 0 saturated carbocycles. The number of Topliss-reactive ketones (excluding diaryl/α,β-unsaturated/α-hetero) is 2. The number of benzene rings is 4. The Bertz CT molecular complexity index is 1790. The Kier molecular flexibility index (Phi) is 7.09. The van der Waals surface area contributed by atoms with Crippen molar-refractivity contribution < 1.29 is 39.0 Å². The fourth-order valence-corrected chi connectivity index (χ4v) is 6.02. The molecule has 0 aliphatic heterocycles. The Morgan fingerprint density at radius 1 is 0.465 bits per heavy atom.